The minimum absolute atomic E-state index is 0.0905. The Morgan fingerprint density at radius 3 is 2.88 bits per heavy atom. The zero-order valence-electron chi connectivity index (χ0n) is 10.5. The zero-order chi connectivity index (χ0) is 12.0. The van der Waals surface area contributed by atoms with Crippen LogP contribution in [0.2, 0.25) is 0 Å². The Balaban J connectivity index is 2.47. The molecular weight excluding hydrogens is 202 g/mol. The minimum atomic E-state index is 0.0905. The second kappa shape index (κ2) is 6.86. The summed E-state index contributed by atoms with van der Waals surface area (Å²) in [4.78, 5) is 13.8. The molecule has 0 aromatic rings. The standard InChI is InChI=1S/C12H25N3O/c1-10-4-3-6-15(7-5-10)11(9-13)8-12(16)14-2/h10-11H,3-9,13H2,1-2H3,(H,14,16). The first-order valence-corrected chi connectivity index (χ1v) is 6.32. The smallest absolute Gasteiger partial charge is 0.221 e. The van der Waals surface area contributed by atoms with Gasteiger partial charge in [0.2, 0.25) is 5.91 Å². The van der Waals surface area contributed by atoms with Crippen LogP contribution < -0.4 is 11.1 Å². The van der Waals surface area contributed by atoms with Crippen LogP contribution in [0.25, 0.3) is 0 Å². The Kier molecular flexibility index (Phi) is 5.77. The van der Waals surface area contributed by atoms with E-state index in [0.29, 0.717) is 13.0 Å². The summed E-state index contributed by atoms with van der Waals surface area (Å²) in [7, 11) is 1.68. The number of rotatable bonds is 4. The van der Waals surface area contributed by atoms with Gasteiger partial charge in [-0.25, -0.2) is 0 Å². The van der Waals surface area contributed by atoms with E-state index in [1.54, 1.807) is 7.05 Å². The van der Waals surface area contributed by atoms with Gasteiger partial charge in [0.25, 0.3) is 0 Å². The third-order valence-electron chi connectivity index (χ3n) is 3.54. The van der Waals surface area contributed by atoms with Gasteiger partial charge in [-0.3, -0.25) is 9.69 Å². The summed E-state index contributed by atoms with van der Waals surface area (Å²) < 4.78 is 0. The highest BCUT2D eigenvalue weighted by atomic mass is 16.1. The average Bonchev–Trinajstić information content (AvgIpc) is 2.50. The summed E-state index contributed by atoms with van der Waals surface area (Å²) >= 11 is 0. The van der Waals surface area contributed by atoms with Crippen LogP contribution in [0, 0.1) is 5.92 Å². The Morgan fingerprint density at radius 2 is 2.25 bits per heavy atom. The van der Waals surface area contributed by atoms with Crippen LogP contribution in [0.1, 0.15) is 32.6 Å². The van der Waals surface area contributed by atoms with Gasteiger partial charge in [-0.15, -0.1) is 0 Å². The normalized spacial score (nSPS) is 24.8. The fourth-order valence-corrected chi connectivity index (χ4v) is 2.33. The molecule has 1 aliphatic heterocycles. The van der Waals surface area contributed by atoms with E-state index in [9.17, 15) is 4.79 Å². The van der Waals surface area contributed by atoms with Gasteiger partial charge in [-0.05, 0) is 38.3 Å². The van der Waals surface area contributed by atoms with Crippen LogP contribution in [-0.2, 0) is 4.79 Å². The number of nitrogens with two attached hydrogens (primary N) is 1. The number of amides is 1. The van der Waals surface area contributed by atoms with Crippen LogP contribution >= 0.6 is 0 Å². The lowest BCUT2D eigenvalue weighted by Gasteiger charge is -2.29. The molecule has 3 N–H and O–H groups in total. The lowest BCUT2D eigenvalue weighted by molar-refractivity contribution is -0.121. The van der Waals surface area contributed by atoms with Crippen LogP contribution in [0.3, 0.4) is 0 Å². The van der Waals surface area contributed by atoms with Gasteiger partial charge in [-0.1, -0.05) is 6.92 Å². The van der Waals surface area contributed by atoms with Crippen LogP contribution in [0.4, 0.5) is 0 Å². The van der Waals surface area contributed by atoms with Crippen molar-refractivity contribution in [2.24, 2.45) is 11.7 Å². The van der Waals surface area contributed by atoms with Gasteiger partial charge in [0.05, 0.1) is 0 Å². The summed E-state index contributed by atoms with van der Waals surface area (Å²) in [5, 5.41) is 2.67. The number of carbonyl (C=O) groups excluding carboxylic acids is 1. The fourth-order valence-electron chi connectivity index (χ4n) is 2.33. The Hall–Kier alpha value is -0.610. The highest BCUT2D eigenvalue weighted by Crippen LogP contribution is 2.18. The monoisotopic (exact) mass is 227 g/mol. The lowest BCUT2D eigenvalue weighted by atomic mass is 10.0. The highest BCUT2D eigenvalue weighted by Gasteiger charge is 2.22. The quantitative estimate of drug-likeness (QED) is 0.738. The van der Waals surface area contributed by atoms with Crippen molar-refractivity contribution in [2.45, 2.75) is 38.6 Å². The predicted octanol–water partition coefficient (Wildman–Crippen LogP) is 0.572. The van der Waals surface area contributed by atoms with Gasteiger partial charge in [0, 0.05) is 26.1 Å². The van der Waals surface area contributed by atoms with Crippen molar-refractivity contribution in [3.05, 3.63) is 0 Å². The first-order chi connectivity index (χ1) is 7.67. The predicted molar refractivity (Wildman–Crippen MR) is 66.1 cm³/mol. The first kappa shape index (κ1) is 13.5. The molecule has 0 aromatic heterocycles. The maximum absolute atomic E-state index is 11.4. The summed E-state index contributed by atoms with van der Waals surface area (Å²) in [6.07, 6.45) is 4.28. The average molecular weight is 227 g/mol. The Morgan fingerprint density at radius 1 is 1.50 bits per heavy atom. The summed E-state index contributed by atoms with van der Waals surface area (Å²) in [5.41, 5.74) is 5.77. The number of likely N-dealkylation sites (tertiary alicyclic amines) is 1. The second-order valence-electron chi connectivity index (χ2n) is 4.84. The molecular formula is C12H25N3O. The van der Waals surface area contributed by atoms with E-state index in [-0.39, 0.29) is 11.9 Å². The molecule has 1 rings (SSSR count). The van der Waals surface area contributed by atoms with E-state index in [1.807, 2.05) is 0 Å². The third-order valence-corrected chi connectivity index (χ3v) is 3.54. The first-order valence-electron chi connectivity index (χ1n) is 6.32. The second-order valence-corrected chi connectivity index (χ2v) is 4.84. The molecule has 1 aliphatic rings. The molecule has 1 saturated heterocycles. The molecule has 4 heteroatoms. The molecule has 0 aromatic carbocycles. The van der Waals surface area contributed by atoms with Crippen molar-refractivity contribution in [2.75, 3.05) is 26.7 Å². The maximum atomic E-state index is 11.4. The molecule has 1 heterocycles. The fraction of sp³-hybridized carbons (Fsp3) is 0.917. The third kappa shape index (κ3) is 4.10. The van der Waals surface area contributed by atoms with Crippen molar-refractivity contribution in [3.63, 3.8) is 0 Å². The molecule has 0 saturated carbocycles. The SMILES string of the molecule is CNC(=O)CC(CN)N1CCCC(C)CC1. The van der Waals surface area contributed by atoms with Crippen LogP contribution in [0.5, 0.6) is 0 Å². The molecule has 2 atom stereocenters. The van der Waals surface area contributed by atoms with Crippen LogP contribution in [0.15, 0.2) is 0 Å². The van der Waals surface area contributed by atoms with E-state index in [0.717, 1.165) is 19.0 Å². The Labute approximate surface area is 98.6 Å². The van der Waals surface area contributed by atoms with Crippen LogP contribution in [-0.4, -0.2) is 43.5 Å². The number of hydrogen-bond acceptors (Lipinski definition) is 3. The molecule has 16 heavy (non-hydrogen) atoms. The minimum Gasteiger partial charge on any atom is -0.359 e. The Bertz CT molecular complexity index is 220. The zero-order valence-corrected chi connectivity index (χ0v) is 10.5. The van der Waals surface area contributed by atoms with Gasteiger partial charge in [0.15, 0.2) is 0 Å². The van der Waals surface area contributed by atoms with Gasteiger partial charge in [0.1, 0.15) is 0 Å². The summed E-state index contributed by atoms with van der Waals surface area (Å²) in [6.45, 7) is 5.05. The van der Waals surface area contributed by atoms with Crippen molar-refractivity contribution < 1.29 is 4.79 Å². The lowest BCUT2D eigenvalue weighted by Crippen LogP contribution is -2.44. The molecule has 0 bridgehead atoms. The van der Waals surface area contributed by atoms with Crippen molar-refractivity contribution in [1.29, 1.82) is 0 Å². The molecule has 0 aliphatic carbocycles. The number of nitrogens with one attached hydrogen (secondary N) is 1. The van der Waals surface area contributed by atoms with E-state index < -0.39 is 0 Å². The highest BCUT2D eigenvalue weighted by molar-refractivity contribution is 5.76. The topological polar surface area (TPSA) is 58.4 Å². The molecule has 1 fully saturated rings. The van der Waals surface area contributed by atoms with E-state index in [1.165, 1.54) is 19.3 Å². The molecule has 0 spiro atoms. The van der Waals surface area contributed by atoms with E-state index >= 15 is 0 Å². The molecule has 2 unspecified atom stereocenters. The summed E-state index contributed by atoms with van der Waals surface area (Å²) in [6, 6.07) is 0.213. The van der Waals surface area contributed by atoms with E-state index in [4.69, 9.17) is 5.73 Å². The van der Waals surface area contributed by atoms with Crippen molar-refractivity contribution >= 4 is 5.91 Å². The number of nitrogens with zero attached hydrogens (tertiary/aromatic N) is 1. The molecule has 1 amide bonds. The van der Waals surface area contributed by atoms with E-state index in [2.05, 4.69) is 17.1 Å². The van der Waals surface area contributed by atoms with Crippen molar-refractivity contribution in [3.8, 4) is 0 Å². The van der Waals surface area contributed by atoms with Gasteiger partial charge >= 0.3 is 0 Å². The largest absolute Gasteiger partial charge is 0.359 e. The number of carbonyl (C=O) groups is 1. The molecule has 94 valence electrons. The molecule has 4 nitrogen and oxygen atoms in total. The van der Waals surface area contributed by atoms with Gasteiger partial charge < -0.3 is 11.1 Å². The number of hydrogen-bond donors (Lipinski definition) is 2. The summed E-state index contributed by atoms with van der Waals surface area (Å²) in [5.74, 6) is 0.899. The van der Waals surface area contributed by atoms with Gasteiger partial charge in [-0.2, -0.15) is 0 Å². The van der Waals surface area contributed by atoms with Crippen molar-refractivity contribution in [1.82, 2.24) is 10.2 Å². The molecule has 0 radical (unpaired) electrons. The maximum Gasteiger partial charge on any atom is 0.221 e.